The maximum Gasteiger partial charge on any atom is 0.242 e. The minimum atomic E-state index is -0.583. The van der Waals surface area contributed by atoms with Crippen molar-refractivity contribution in [2.45, 2.75) is 39.8 Å². The molecule has 1 N–H and O–H groups in total. The number of carbonyl (C=O) groups is 2. The predicted molar refractivity (Wildman–Crippen MR) is 110 cm³/mol. The van der Waals surface area contributed by atoms with Crippen molar-refractivity contribution in [3.8, 4) is 0 Å². The number of benzene rings is 2. The summed E-state index contributed by atoms with van der Waals surface area (Å²) in [5.41, 5.74) is 2.84. The highest BCUT2D eigenvalue weighted by Crippen LogP contribution is 2.23. The van der Waals surface area contributed by atoms with Gasteiger partial charge in [-0.25, -0.2) is 0 Å². The van der Waals surface area contributed by atoms with Gasteiger partial charge in [-0.1, -0.05) is 53.5 Å². The summed E-state index contributed by atoms with van der Waals surface area (Å²) in [6.45, 7) is 6.48. The molecule has 2 aromatic rings. The number of amides is 2. The molecule has 4 nitrogen and oxygen atoms in total. The van der Waals surface area contributed by atoms with E-state index < -0.39 is 6.04 Å². The fraction of sp³-hybridized carbons (Fsp3) is 0.333. The molecule has 0 aliphatic rings. The smallest absolute Gasteiger partial charge is 0.242 e. The molecule has 2 rings (SSSR count). The first-order chi connectivity index (χ1) is 12.8. The summed E-state index contributed by atoms with van der Waals surface area (Å²) in [7, 11) is 0. The number of halogens is 2. The lowest BCUT2D eigenvalue weighted by Crippen LogP contribution is -2.48. The molecule has 0 saturated carbocycles. The van der Waals surface area contributed by atoms with Crippen LogP contribution in [0.3, 0.4) is 0 Å². The van der Waals surface area contributed by atoms with E-state index in [0.717, 1.165) is 16.7 Å². The predicted octanol–water partition coefficient (Wildman–Crippen LogP) is 4.40. The first kappa shape index (κ1) is 21.3. The fourth-order valence-corrected chi connectivity index (χ4v) is 3.12. The van der Waals surface area contributed by atoms with Gasteiger partial charge in [0, 0.05) is 13.1 Å². The van der Waals surface area contributed by atoms with Crippen LogP contribution in [0.25, 0.3) is 0 Å². The molecular formula is C21H24Cl2N2O2. The van der Waals surface area contributed by atoms with Crippen LogP contribution < -0.4 is 5.32 Å². The summed E-state index contributed by atoms with van der Waals surface area (Å²) in [4.78, 5) is 27.0. The molecular weight excluding hydrogens is 383 g/mol. The molecule has 0 bridgehead atoms. The van der Waals surface area contributed by atoms with Gasteiger partial charge in [0.05, 0.1) is 16.5 Å². The molecule has 0 heterocycles. The second kappa shape index (κ2) is 9.77. The Hall–Kier alpha value is -2.04. The van der Waals surface area contributed by atoms with Gasteiger partial charge in [-0.3, -0.25) is 9.59 Å². The van der Waals surface area contributed by atoms with E-state index in [1.54, 1.807) is 30.0 Å². The van der Waals surface area contributed by atoms with E-state index in [2.05, 4.69) is 5.32 Å². The van der Waals surface area contributed by atoms with Crippen molar-refractivity contribution in [2.24, 2.45) is 0 Å². The van der Waals surface area contributed by atoms with Crippen molar-refractivity contribution >= 4 is 35.0 Å². The van der Waals surface area contributed by atoms with Crippen molar-refractivity contribution in [2.75, 3.05) is 6.54 Å². The van der Waals surface area contributed by atoms with Crippen LogP contribution in [0.1, 0.15) is 30.5 Å². The molecule has 0 radical (unpaired) electrons. The molecule has 0 aliphatic heterocycles. The van der Waals surface area contributed by atoms with E-state index in [0.29, 0.717) is 23.1 Å². The van der Waals surface area contributed by atoms with Gasteiger partial charge < -0.3 is 10.2 Å². The van der Waals surface area contributed by atoms with Gasteiger partial charge >= 0.3 is 0 Å². The van der Waals surface area contributed by atoms with E-state index in [9.17, 15) is 9.59 Å². The Labute approximate surface area is 170 Å². The van der Waals surface area contributed by atoms with Gasteiger partial charge in [-0.15, -0.1) is 0 Å². The number of hydrogen-bond acceptors (Lipinski definition) is 2. The molecule has 0 fully saturated rings. The average molecular weight is 407 g/mol. The number of nitrogens with one attached hydrogen (secondary N) is 1. The Morgan fingerprint density at radius 2 is 1.81 bits per heavy atom. The molecule has 0 saturated heterocycles. The summed E-state index contributed by atoms with van der Waals surface area (Å²) in [6.07, 6.45) is 0.145. The number of carbonyl (C=O) groups excluding carboxylic acids is 2. The first-order valence-corrected chi connectivity index (χ1v) is 9.64. The van der Waals surface area contributed by atoms with Crippen molar-refractivity contribution < 1.29 is 9.59 Å². The van der Waals surface area contributed by atoms with Crippen molar-refractivity contribution in [3.05, 3.63) is 69.2 Å². The van der Waals surface area contributed by atoms with Crippen LogP contribution in [-0.4, -0.2) is 29.3 Å². The van der Waals surface area contributed by atoms with Gasteiger partial charge in [0.1, 0.15) is 6.04 Å². The third kappa shape index (κ3) is 5.72. The van der Waals surface area contributed by atoms with Gasteiger partial charge in [0.2, 0.25) is 11.8 Å². The standard InChI is InChI=1S/C21H24Cl2N2O2/c1-4-24-21(27)15(3)25(13-17-8-6-5-7-14(17)2)20(26)12-16-9-10-18(22)19(23)11-16/h5-11,15H,4,12-13H2,1-3H3,(H,24,27). The topological polar surface area (TPSA) is 49.4 Å². The highest BCUT2D eigenvalue weighted by atomic mass is 35.5. The first-order valence-electron chi connectivity index (χ1n) is 8.89. The largest absolute Gasteiger partial charge is 0.355 e. The minimum Gasteiger partial charge on any atom is -0.355 e. The highest BCUT2D eigenvalue weighted by molar-refractivity contribution is 6.42. The van der Waals surface area contributed by atoms with Crippen LogP contribution in [-0.2, 0) is 22.6 Å². The molecule has 1 unspecified atom stereocenters. The van der Waals surface area contributed by atoms with Crippen LogP contribution in [0, 0.1) is 6.92 Å². The molecule has 27 heavy (non-hydrogen) atoms. The summed E-state index contributed by atoms with van der Waals surface area (Å²) in [6, 6.07) is 12.4. The molecule has 144 valence electrons. The van der Waals surface area contributed by atoms with Gasteiger partial charge in [-0.05, 0) is 49.6 Å². The number of aryl methyl sites for hydroxylation is 1. The zero-order valence-electron chi connectivity index (χ0n) is 15.8. The maximum atomic E-state index is 13.0. The lowest BCUT2D eigenvalue weighted by Gasteiger charge is -2.29. The van der Waals surface area contributed by atoms with Crippen molar-refractivity contribution in [1.82, 2.24) is 10.2 Å². The quantitative estimate of drug-likeness (QED) is 0.740. The van der Waals surface area contributed by atoms with E-state index in [4.69, 9.17) is 23.2 Å². The maximum absolute atomic E-state index is 13.0. The number of nitrogens with zero attached hydrogens (tertiary/aromatic N) is 1. The summed E-state index contributed by atoms with van der Waals surface area (Å²) in [5, 5.41) is 3.64. The Bertz CT molecular complexity index is 824. The van der Waals surface area contributed by atoms with Gasteiger partial charge in [0.25, 0.3) is 0 Å². The van der Waals surface area contributed by atoms with Gasteiger partial charge in [-0.2, -0.15) is 0 Å². The molecule has 1 atom stereocenters. The van der Waals surface area contributed by atoms with Crippen LogP contribution in [0.4, 0.5) is 0 Å². The van der Waals surface area contributed by atoms with E-state index in [1.165, 1.54) is 0 Å². The number of hydrogen-bond donors (Lipinski definition) is 1. The molecule has 0 aliphatic carbocycles. The molecule has 6 heteroatoms. The zero-order valence-corrected chi connectivity index (χ0v) is 17.3. The van der Waals surface area contributed by atoms with E-state index in [1.807, 2.05) is 38.1 Å². The lowest BCUT2D eigenvalue weighted by atomic mass is 10.1. The number of rotatable bonds is 7. The fourth-order valence-electron chi connectivity index (χ4n) is 2.80. The molecule has 0 spiro atoms. The number of likely N-dealkylation sites (N-methyl/N-ethyl adjacent to an activating group) is 1. The van der Waals surface area contributed by atoms with Crippen molar-refractivity contribution in [3.63, 3.8) is 0 Å². The SMILES string of the molecule is CCNC(=O)C(C)N(Cc1ccccc1C)C(=O)Cc1ccc(Cl)c(Cl)c1. The Morgan fingerprint density at radius 3 is 2.44 bits per heavy atom. The van der Waals surface area contributed by atoms with E-state index in [-0.39, 0.29) is 18.2 Å². The van der Waals surface area contributed by atoms with Crippen LogP contribution in [0.15, 0.2) is 42.5 Å². The third-order valence-electron chi connectivity index (χ3n) is 4.46. The monoisotopic (exact) mass is 406 g/mol. The third-order valence-corrected chi connectivity index (χ3v) is 5.20. The van der Waals surface area contributed by atoms with E-state index >= 15 is 0 Å². The molecule has 2 aromatic carbocycles. The molecule has 2 amide bonds. The summed E-state index contributed by atoms with van der Waals surface area (Å²) >= 11 is 12.0. The van der Waals surface area contributed by atoms with Gasteiger partial charge in [0.15, 0.2) is 0 Å². The Balaban J connectivity index is 2.26. The lowest BCUT2D eigenvalue weighted by molar-refractivity contribution is -0.140. The Kier molecular flexibility index (Phi) is 7.69. The van der Waals surface area contributed by atoms with Crippen LogP contribution in [0.5, 0.6) is 0 Å². The Morgan fingerprint density at radius 1 is 1.11 bits per heavy atom. The second-order valence-corrected chi connectivity index (χ2v) is 7.26. The minimum absolute atomic E-state index is 0.143. The summed E-state index contributed by atoms with van der Waals surface area (Å²) in [5.74, 6) is -0.316. The normalized spacial score (nSPS) is 11.7. The summed E-state index contributed by atoms with van der Waals surface area (Å²) < 4.78 is 0. The van der Waals surface area contributed by atoms with Crippen LogP contribution in [0.2, 0.25) is 10.0 Å². The average Bonchev–Trinajstić information content (AvgIpc) is 2.63. The van der Waals surface area contributed by atoms with Crippen molar-refractivity contribution in [1.29, 1.82) is 0 Å². The highest BCUT2D eigenvalue weighted by Gasteiger charge is 2.26. The second-order valence-electron chi connectivity index (χ2n) is 6.44. The zero-order chi connectivity index (χ0) is 20.0. The molecule has 0 aromatic heterocycles. The van der Waals surface area contributed by atoms with Crippen LogP contribution >= 0.6 is 23.2 Å².